The summed E-state index contributed by atoms with van der Waals surface area (Å²) in [4.78, 5) is 27.2. The molecule has 2 aliphatic rings. The molecule has 0 unspecified atom stereocenters. The summed E-state index contributed by atoms with van der Waals surface area (Å²) in [6.07, 6.45) is -2.71. The largest absolute Gasteiger partial charge is 0.444 e. The van der Waals surface area contributed by atoms with Gasteiger partial charge < -0.3 is 38.3 Å². The van der Waals surface area contributed by atoms with Gasteiger partial charge in [0.15, 0.2) is 16.6 Å². The van der Waals surface area contributed by atoms with Gasteiger partial charge >= 0.3 is 12.2 Å². The second-order valence-corrected chi connectivity index (χ2v) is 26.3. The van der Waals surface area contributed by atoms with Gasteiger partial charge in [0.25, 0.3) is 0 Å². The van der Waals surface area contributed by atoms with Crippen LogP contribution in [0.2, 0.25) is 36.3 Å². The zero-order valence-corrected chi connectivity index (χ0v) is 31.4. The van der Waals surface area contributed by atoms with Crippen LogP contribution in [-0.2, 0) is 18.3 Å². The molecule has 42 heavy (non-hydrogen) atoms. The maximum atomic E-state index is 12.1. The zero-order valence-electron chi connectivity index (χ0n) is 29.4. The Bertz CT molecular complexity index is 842. The summed E-state index contributed by atoms with van der Waals surface area (Å²) in [5, 5.41) is 20.5. The number of aliphatic hydroxyl groups is 2. The Morgan fingerprint density at radius 3 is 1.05 bits per heavy atom. The monoisotopic (exact) mass is 634 g/mol. The Morgan fingerprint density at radius 1 is 0.571 bits per heavy atom. The van der Waals surface area contributed by atoms with Crippen molar-refractivity contribution in [2.75, 3.05) is 26.2 Å². The lowest BCUT2D eigenvalue weighted by Crippen LogP contribution is -2.47. The molecule has 4 atom stereocenters. The average molecular weight is 635 g/mol. The number of hydrogen-bond acceptors (Lipinski definition) is 8. The van der Waals surface area contributed by atoms with Crippen molar-refractivity contribution in [1.29, 1.82) is 0 Å². The van der Waals surface area contributed by atoms with Crippen molar-refractivity contribution in [3.05, 3.63) is 0 Å². The molecular weight excluding hydrogens is 573 g/mol. The second kappa shape index (κ2) is 13.4. The number of nitrogens with zero attached hydrogens (tertiary/aromatic N) is 2. The molecule has 0 aromatic rings. The van der Waals surface area contributed by atoms with Gasteiger partial charge in [0.2, 0.25) is 0 Å². The second-order valence-electron chi connectivity index (χ2n) is 16.7. The predicted octanol–water partition coefficient (Wildman–Crippen LogP) is 5.98. The van der Waals surface area contributed by atoms with Gasteiger partial charge in [-0.1, -0.05) is 41.5 Å². The van der Waals surface area contributed by atoms with Crippen molar-refractivity contribution in [2.24, 2.45) is 0 Å². The Kier molecular flexibility index (Phi) is 12.4. The van der Waals surface area contributed by atoms with E-state index in [0.29, 0.717) is 13.1 Å². The first kappa shape index (κ1) is 38.8. The van der Waals surface area contributed by atoms with Crippen LogP contribution in [0.3, 0.4) is 0 Å². The standard InChI is InChI=1S/2C15H31NO4Si/c2*1-14(2,3)19-13(18)16-9-11(17)12(10-16)20-21(7,8)15(4,5)6/h2*11-12,17H,9-10H2,1-8H3/t2*11-,12-/m10/s1. The smallest absolute Gasteiger partial charge is 0.410 e. The fourth-order valence-corrected chi connectivity index (χ4v) is 6.49. The molecule has 2 heterocycles. The topological polar surface area (TPSA) is 118 Å². The quantitative estimate of drug-likeness (QED) is 0.363. The number of carbonyl (C=O) groups is 2. The van der Waals surface area contributed by atoms with Gasteiger partial charge in [-0.2, -0.15) is 0 Å². The van der Waals surface area contributed by atoms with Crippen LogP contribution in [-0.4, -0.2) is 111 Å². The van der Waals surface area contributed by atoms with Gasteiger partial charge in [0, 0.05) is 0 Å². The van der Waals surface area contributed by atoms with Crippen molar-refractivity contribution in [2.45, 2.75) is 155 Å². The molecule has 0 spiro atoms. The van der Waals surface area contributed by atoms with Crippen LogP contribution >= 0.6 is 0 Å². The third-order valence-electron chi connectivity index (χ3n) is 8.28. The molecule has 2 aliphatic heterocycles. The van der Waals surface area contributed by atoms with Crippen LogP contribution in [0.4, 0.5) is 9.59 Å². The predicted molar refractivity (Wildman–Crippen MR) is 172 cm³/mol. The van der Waals surface area contributed by atoms with Crippen LogP contribution in [0.25, 0.3) is 0 Å². The minimum absolute atomic E-state index is 0.0755. The van der Waals surface area contributed by atoms with E-state index in [1.54, 1.807) is 0 Å². The SMILES string of the molecule is CC(C)(C)OC(=O)N1C[C@@H](O)[C@H](O[Si](C)(C)C(C)(C)C)C1.CC(C)(C)OC(=O)N1C[C@H](O[Si](C)(C)C(C)(C)C)[C@@H](O)C1. The molecular formula is C30H62N2O8Si2. The fraction of sp³-hybridized carbons (Fsp3) is 0.933. The number of rotatable bonds is 4. The lowest BCUT2D eigenvalue weighted by molar-refractivity contribution is 0.0259. The first-order valence-corrected chi connectivity index (χ1v) is 20.9. The Balaban J connectivity index is 0.000000420. The lowest BCUT2D eigenvalue weighted by atomic mass is 10.2. The zero-order chi connectivity index (χ0) is 33.3. The molecule has 0 aromatic carbocycles. The van der Waals surface area contributed by atoms with Gasteiger partial charge in [-0.05, 0) is 77.8 Å². The van der Waals surface area contributed by atoms with Crippen molar-refractivity contribution in [3.63, 3.8) is 0 Å². The Morgan fingerprint density at radius 2 is 0.833 bits per heavy atom. The molecule has 2 rings (SSSR count). The van der Waals surface area contributed by atoms with Gasteiger partial charge in [-0.15, -0.1) is 0 Å². The van der Waals surface area contributed by atoms with E-state index in [2.05, 4.69) is 67.7 Å². The number of carbonyl (C=O) groups excluding carboxylic acids is 2. The fourth-order valence-electron chi connectivity index (χ4n) is 3.81. The minimum Gasteiger partial charge on any atom is -0.444 e. The van der Waals surface area contributed by atoms with Crippen LogP contribution in [0.15, 0.2) is 0 Å². The highest BCUT2D eigenvalue weighted by Crippen LogP contribution is 2.39. The summed E-state index contributed by atoms with van der Waals surface area (Å²) in [7, 11) is -3.92. The molecule has 2 saturated heterocycles. The minimum atomic E-state index is -1.96. The first-order valence-electron chi connectivity index (χ1n) is 15.1. The summed E-state index contributed by atoms with van der Waals surface area (Å²) >= 11 is 0. The molecule has 0 radical (unpaired) electrons. The highest BCUT2D eigenvalue weighted by atomic mass is 28.4. The number of aliphatic hydroxyl groups excluding tert-OH is 2. The Labute approximate surface area is 257 Å². The number of hydrogen-bond donors (Lipinski definition) is 2. The van der Waals surface area contributed by atoms with Crippen LogP contribution < -0.4 is 0 Å². The van der Waals surface area contributed by atoms with Crippen LogP contribution in [0, 0.1) is 0 Å². The molecule has 0 saturated carbocycles. The number of β-amino-alcohol motifs (C(OH)–C–C–N with tert-alkyl or cyclic N) is 2. The number of amides is 2. The maximum Gasteiger partial charge on any atom is 0.410 e. The van der Waals surface area contributed by atoms with E-state index in [0.717, 1.165) is 0 Å². The molecule has 0 aromatic heterocycles. The molecule has 248 valence electrons. The van der Waals surface area contributed by atoms with Gasteiger partial charge in [0.1, 0.15) is 11.2 Å². The highest BCUT2D eigenvalue weighted by Gasteiger charge is 2.46. The molecule has 10 nitrogen and oxygen atoms in total. The first-order chi connectivity index (χ1) is 18.5. The molecule has 0 aliphatic carbocycles. The average Bonchev–Trinajstić information content (AvgIpc) is 3.26. The molecule has 12 heteroatoms. The summed E-state index contributed by atoms with van der Waals surface area (Å²) in [6, 6.07) is 0. The molecule has 2 amide bonds. The summed E-state index contributed by atoms with van der Waals surface area (Å²) in [5.74, 6) is 0. The summed E-state index contributed by atoms with van der Waals surface area (Å²) in [5.41, 5.74) is -1.05. The summed E-state index contributed by atoms with van der Waals surface area (Å²) < 4.78 is 23.1. The molecule has 0 bridgehead atoms. The van der Waals surface area contributed by atoms with Crippen LogP contribution in [0.5, 0.6) is 0 Å². The van der Waals surface area contributed by atoms with Crippen molar-refractivity contribution in [3.8, 4) is 0 Å². The van der Waals surface area contributed by atoms with Crippen molar-refractivity contribution in [1.82, 2.24) is 9.80 Å². The number of ether oxygens (including phenoxy) is 2. The Hall–Kier alpha value is -1.19. The van der Waals surface area contributed by atoms with E-state index in [-0.39, 0.29) is 47.6 Å². The number of likely N-dealkylation sites (tertiary alicyclic amines) is 2. The van der Waals surface area contributed by atoms with Crippen molar-refractivity contribution < 1.29 is 38.1 Å². The van der Waals surface area contributed by atoms with Crippen molar-refractivity contribution >= 4 is 28.8 Å². The third kappa shape index (κ3) is 11.7. The highest BCUT2D eigenvalue weighted by molar-refractivity contribution is 6.74. The van der Waals surface area contributed by atoms with Gasteiger partial charge in [-0.3, -0.25) is 0 Å². The van der Waals surface area contributed by atoms with E-state index in [4.69, 9.17) is 18.3 Å². The third-order valence-corrected chi connectivity index (χ3v) is 17.3. The summed E-state index contributed by atoms with van der Waals surface area (Å²) in [6.45, 7) is 33.9. The van der Waals surface area contributed by atoms with E-state index in [9.17, 15) is 19.8 Å². The lowest BCUT2D eigenvalue weighted by Gasteiger charge is -2.38. The maximum absolute atomic E-state index is 12.1. The van der Waals surface area contributed by atoms with E-state index in [1.807, 2.05) is 41.5 Å². The molecule has 2 N–H and O–H groups in total. The van der Waals surface area contributed by atoms with Crippen LogP contribution in [0.1, 0.15) is 83.1 Å². The molecule has 2 fully saturated rings. The van der Waals surface area contributed by atoms with Gasteiger partial charge in [-0.25, -0.2) is 9.59 Å². The van der Waals surface area contributed by atoms with E-state index in [1.165, 1.54) is 9.80 Å². The van der Waals surface area contributed by atoms with E-state index < -0.39 is 40.0 Å². The normalized spacial score (nSPS) is 24.3. The van der Waals surface area contributed by atoms with E-state index >= 15 is 0 Å². The van der Waals surface area contributed by atoms with Gasteiger partial charge in [0.05, 0.1) is 50.6 Å².